The largest absolute Gasteiger partial charge is 0.319 e. The normalized spacial score (nSPS) is 22.9. The second-order valence-electron chi connectivity index (χ2n) is 5.61. The van der Waals surface area contributed by atoms with Crippen molar-refractivity contribution in [2.45, 2.75) is 31.6 Å². The number of benzene rings is 1. The van der Waals surface area contributed by atoms with Gasteiger partial charge < -0.3 is 5.32 Å². The molecule has 3 rings (SSSR count). The van der Waals surface area contributed by atoms with Gasteiger partial charge >= 0.3 is 0 Å². The first kappa shape index (κ1) is 13.3. The van der Waals surface area contributed by atoms with Gasteiger partial charge in [-0.1, -0.05) is 36.3 Å². The van der Waals surface area contributed by atoms with Gasteiger partial charge in [0.05, 0.1) is 17.6 Å². The van der Waals surface area contributed by atoms with E-state index in [2.05, 4.69) is 27.8 Å². The Labute approximate surface area is 120 Å². The number of nitrogens with zero attached hydrogens (tertiary/aromatic N) is 3. The van der Waals surface area contributed by atoms with Gasteiger partial charge in [-0.25, -0.2) is 4.68 Å². The topological polar surface area (TPSA) is 42.7 Å². The molecule has 1 N–H and O–H groups in total. The van der Waals surface area contributed by atoms with Crippen LogP contribution in [0.15, 0.2) is 36.5 Å². The summed E-state index contributed by atoms with van der Waals surface area (Å²) < 4.78 is 2.01. The predicted molar refractivity (Wildman–Crippen MR) is 80.0 cm³/mol. The lowest BCUT2D eigenvalue weighted by atomic mass is 9.77. The summed E-state index contributed by atoms with van der Waals surface area (Å²) >= 11 is 0. The summed E-state index contributed by atoms with van der Waals surface area (Å²) in [6.07, 6.45) is 7.14. The average Bonchev–Trinajstić information content (AvgIpc) is 2.98. The number of hydrogen-bond acceptors (Lipinski definition) is 3. The maximum absolute atomic E-state index is 4.30. The molecule has 1 saturated carbocycles. The predicted octanol–water partition coefficient (Wildman–Crippen LogP) is 2.76. The fraction of sp³-hybridized carbons (Fsp3) is 0.500. The van der Waals surface area contributed by atoms with Crippen LogP contribution in [0.25, 0.3) is 5.69 Å². The van der Waals surface area contributed by atoms with Crippen LogP contribution in [0.5, 0.6) is 0 Å². The minimum atomic E-state index is 0.561. The third-order valence-corrected chi connectivity index (χ3v) is 4.33. The molecule has 1 aliphatic carbocycles. The van der Waals surface area contributed by atoms with E-state index in [1.807, 2.05) is 36.1 Å². The van der Waals surface area contributed by atoms with Crippen molar-refractivity contribution in [2.75, 3.05) is 13.6 Å². The highest BCUT2D eigenvalue weighted by molar-refractivity contribution is 5.32. The molecule has 1 aromatic heterocycles. The van der Waals surface area contributed by atoms with Gasteiger partial charge in [-0.2, -0.15) is 0 Å². The summed E-state index contributed by atoms with van der Waals surface area (Å²) in [6.45, 7) is 1.07. The molecule has 1 aromatic carbocycles. The maximum Gasteiger partial charge on any atom is 0.0732 e. The lowest BCUT2D eigenvalue weighted by Crippen LogP contribution is -2.28. The van der Waals surface area contributed by atoms with Crippen molar-refractivity contribution < 1.29 is 0 Å². The van der Waals surface area contributed by atoms with Crippen molar-refractivity contribution in [2.24, 2.45) is 5.92 Å². The van der Waals surface area contributed by atoms with Gasteiger partial charge in [0.25, 0.3) is 0 Å². The number of rotatable bonds is 4. The van der Waals surface area contributed by atoms with Crippen molar-refractivity contribution in [3.05, 3.63) is 42.2 Å². The molecule has 0 radical (unpaired) electrons. The Balaban J connectivity index is 1.92. The van der Waals surface area contributed by atoms with E-state index in [4.69, 9.17) is 0 Å². The van der Waals surface area contributed by atoms with Crippen LogP contribution in [0.3, 0.4) is 0 Å². The van der Waals surface area contributed by atoms with Gasteiger partial charge in [0, 0.05) is 5.92 Å². The van der Waals surface area contributed by atoms with E-state index >= 15 is 0 Å². The van der Waals surface area contributed by atoms with Crippen molar-refractivity contribution >= 4 is 0 Å². The Morgan fingerprint density at radius 2 is 2.00 bits per heavy atom. The van der Waals surface area contributed by atoms with Crippen LogP contribution < -0.4 is 5.32 Å². The molecule has 1 aliphatic rings. The first-order valence-corrected chi connectivity index (χ1v) is 7.51. The van der Waals surface area contributed by atoms with Gasteiger partial charge in [-0.3, -0.25) is 0 Å². The molecule has 106 valence electrons. The SMILES string of the molecule is CNCC1CCCCC1c1cnnn1-c1ccccc1. The molecule has 0 amide bonds. The number of nitrogens with one attached hydrogen (secondary N) is 1. The number of para-hydroxylation sites is 1. The molecule has 0 saturated heterocycles. The first-order chi connectivity index (χ1) is 9.90. The second-order valence-corrected chi connectivity index (χ2v) is 5.61. The van der Waals surface area contributed by atoms with Crippen LogP contribution in [0.4, 0.5) is 0 Å². The van der Waals surface area contributed by atoms with E-state index in [1.165, 1.54) is 31.4 Å². The molecule has 2 atom stereocenters. The Morgan fingerprint density at radius 3 is 2.80 bits per heavy atom. The van der Waals surface area contributed by atoms with Crippen molar-refractivity contribution in [1.29, 1.82) is 0 Å². The van der Waals surface area contributed by atoms with Gasteiger partial charge in [-0.05, 0) is 44.5 Å². The molecule has 0 bridgehead atoms. The van der Waals surface area contributed by atoms with E-state index in [9.17, 15) is 0 Å². The van der Waals surface area contributed by atoms with Crippen LogP contribution in [0.1, 0.15) is 37.3 Å². The van der Waals surface area contributed by atoms with E-state index < -0.39 is 0 Å². The van der Waals surface area contributed by atoms with Gasteiger partial charge in [0.15, 0.2) is 0 Å². The summed E-state index contributed by atoms with van der Waals surface area (Å²) in [5.74, 6) is 1.25. The molecule has 20 heavy (non-hydrogen) atoms. The standard InChI is InChI=1S/C16H22N4/c1-17-11-13-7-5-6-10-15(13)16-12-18-19-20(16)14-8-3-2-4-9-14/h2-4,8-9,12-13,15,17H,5-7,10-11H2,1H3. The molecule has 1 fully saturated rings. The summed E-state index contributed by atoms with van der Waals surface area (Å²) in [6, 6.07) is 10.3. The minimum Gasteiger partial charge on any atom is -0.319 e. The zero-order chi connectivity index (χ0) is 13.8. The minimum absolute atomic E-state index is 0.561. The third-order valence-electron chi connectivity index (χ3n) is 4.33. The summed E-state index contributed by atoms with van der Waals surface area (Å²) in [5, 5.41) is 11.8. The van der Waals surface area contributed by atoms with E-state index in [0.29, 0.717) is 11.8 Å². The summed E-state index contributed by atoms with van der Waals surface area (Å²) in [7, 11) is 2.04. The van der Waals surface area contributed by atoms with E-state index in [0.717, 1.165) is 12.2 Å². The maximum atomic E-state index is 4.30. The summed E-state index contributed by atoms with van der Waals surface area (Å²) in [5.41, 5.74) is 2.37. The van der Waals surface area contributed by atoms with Gasteiger partial charge in [0.1, 0.15) is 0 Å². The smallest absolute Gasteiger partial charge is 0.0732 e. The molecule has 0 aliphatic heterocycles. The van der Waals surface area contributed by atoms with Gasteiger partial charge in [-0.15, -0.1) is 5.10 Å². The summed E-state index contributed by atoms with van der Waals surface area (Å²) in [4.78, 5) is 0. The Kier molecular flexibility index (Phi) is 4.11. The Morgan fingerprint density at radius 1 is 1.20 bits per heavy atom. The van der Waals surface area contributed by atoms with Crippen molar-refractivity contribution in [1.82, 2.24) is 20.3 Å². The Hall–Kier alpha value is -1.68. The highest BCUT2D eigenvalue weighted by Gasteiger charge is 2.29. The monoisotopic (exact) mass is 270 g/mol. The zero-order valence-electron chi connectivity index (χ0n) is 12.0. The van der Waals surface area contributed by atoms with Crippen LogP contribution in [0.2, 0.25) is 0 Å². The molecule has 2 unspecified atom stereocenters. The van der Waals surface area contributed by atoms with Crippen LogP contribution in [0, 0.1) is 5.92 Å². The second kappa shape index (κ2) is 6.18. The lowest BCUT2D eigenvalue weighted by Gasteiger charge is -2.31. The van der Waals surface area contributed by atoms with Crippen LogP contribution >= 0.6 is 0 Å². The van der Waals surface area contributed by atoms with Crippen molar-refractivity contribution in [3.63, 3.8) is 0 Å². The number of aromatic nitrogens is 3. The quantitative estimate of drug-likeness (QED) is 0.929. The molecule has 4 nitrogen and oxygen atoms in total. The molecule has 4 heteroatoms. The van der Waals surface area contributed by atoms with E-state index in [-0.39, 0.29) is 0 Å². The molecular formula is C16H22N4. The molecule has 2 aromatic rings. The zero-order valence-corrected chi connectivity index (χ0v) is 12.0. The lowest BCUT2D eigenvalue weighted by molar-refractivity contribution is 0.293. The fourth-order valence-corrected chi connectivity index (χ4v) is 3.37. The first-order valence-electron chi connectivity index (χ1n) is 7.51. The Bertz CT molecular complexity index is 532. The third kappa shape index (κ3) is 2.61. The highest BCUT2D eigenvalue weighted by Crippen LogP contribution is 2.37. The van der Waals surface area contributed by atoms with Gasteiger partial charge in [0.2, 0.25) is 0 Å². The van der Waals surface area contributed by atoms with Crippen LogP contribution in [-0.2, 0) is 0 Å². The highest BCUT2D eigenvalue weighted by atomic mass is 15.4. The molecule has 0 spiro atoms. The van der Waals surface area contributed by atoms with Crippen molar-refractivity contribution in [3.8, 4) is 5.69 Å². The molecule has 1 heterocycles. The number of hydrogen-bond donors (Lipinski definition) is 1. The molecular weight excluding hydrogens is 248 g/mol. The average molecular weight is 270 g/mol. The fourth-order valence-electron chi connectivity index (χ4n) is 3.37. The van der Waals surface area contributed by atoms with E-state index in [1.54, 1.807) is 0 Å². The van der Waals surface area contributed by atoms with Crippen LogP contribution in [-0.4, -0.2) is 28.6 Å².